The first-order valence-electron chi connectivity index (χ1n) is 12.7. The lowest BCUT2D eigenvalue weighted by Gasteiger charge is -2.59. The van der Waals surface area contributed by atoms with Crippen LogP contribution >= 0.6 is 11.6 Å². The lowest BCUT2D eigenvalue weighted by Crippen LogP contribution is -2.62. The van der Waals surface area contributed by atoms with Crippen LogP contribution in [0.4, 0.5) is 23.4 Å². The molecule has 0 unspecified atom stereocenters. The van der Waals surface area contributed by atoms with Gasteiger partial charge in [0, 0.05) is 48.6 Å². The van der Waals surface area contributed by atoms with E-state index in [1.807, 2.05) is 18.2 Å². The maximum atomic E-state index is 14.3. The first-order valence-corrected chi connectivity index (χ1v) is 13.1. The molecule has 1 aliphatic carbocycles. The third-order valence-corrected chi connectivity index (χ3v) is 8.61. The van der Waals surface area contributed by atoms with Crippen molar-refractivity contribution in [2.45, 2.75) is 50.5 Å². The van der Waals surface area contributed by atoms with Crippen LogP contribution in [0.25, 0.3) is 5.69 Å². The lowest BCUT2D eigenvalue weighted by molar-refractivity contribution is -0.141. The molecule has 12 heteroatoms. The molecule has 38 heavy (non-hydrogen) atoms. The van der Waals surface area contributed by atoms with Crippen molar-refractivity contribution in [3.05, 3.63) is 64.1 Å². The van der Waals surface area contributed by atoms with Crippen LogP contribution in [0, 0.1) is 11.2 Å². The smallest absolute Gasteiger partial charge is 0.380 e. The average Bonchev–Trinajstić information content (AvgIpc) is 3.45. The minimum atomic E-state index is -4.61. The van der Waals surface area contributed by atoms with Crippen LogP contribution in [0.3, 0.4) is 0 Å². The molecule has 1 aromatic carbocycles. The van der Waals surface area contributed by atoms with Crippen LogP contribution in [0.15, 0.2) is 30.3 Å². The Kier molecular flexibility index (Phi) is 5.51. The summed E-state index contributed by atoms with van der Waals surface area (Å²) in [6.45, 7) is 3.78. The second kappa shape index (κ2) is 8.62. The number of rotatable bonds is 3. The molecule has 0 N–H and O–H groups in total. The van der Waals surface area contributed by atoms with E-state index in [2.05, 4.69) is 24.6 Å². The summed E-state index contributed by atoms with van der Waals surface area (Å²) in [6.07, 6.45) is -2.02. The van der Waals surface area contributed by atoms with Gasteiger partial charge in [-0.1, -0.05) is 11.6 Å². The largest absolute Gasteiger partial charge is 0.433 e. The molecular formula is C26H25ClF4N6O. The molecule has 7 nitrogen and oxygen atoms in total. The summed E-state index contributed by atoms with van der Waals surface area (Å²) in [6, 6.07) is 7.73. The molecule has 3 aromatic rings. The third-order valence-electron chi connectivity index (χ3n) is 8.37. The molecule has 4 aliphatic rings. The summed E-state index contributed by atoms with van der Waals surface area (Å²) in [4.78, 5) is 7.55. The fraction of sp³-hybridized carbons (Fsp3) is 0.500. The molecule has 1 spiro atoms. The first-order chi connectivity index (χ1) is 18.2. The molecule has 0 radical (unpaired) electrons. The predicted molar refractivity (Wildman–Crippen MR) is 131 cm³/mol. The molecule has 0 amide bonds. The van der Waals surface area contributed by atoms with Gasteiger partial charge in [0.05, 0.1) is 18.8 Å². The first kappa shape index (κ1) is 24.3. The van der Waals surface area contributed by atoms with Gasteiger partial charge >= 0.3 is 6.18 Å². The van der Waals surface area contributed by atoms with Crippen LogP contribution in [0.2, 0.25) is 5.02 Å². The molecule has 200 valence electrons. The number of nitrogens with zero attached hydrogens (tertiary/aromatic N) is 6. The van der Waals surface area contributed by atoms with E-state index in [0.717, 1.165) is 61.4 Å². The van der Waals surface area contributed by atoms with E-state index in [0.29, 0.717) is 43.4 Å². The maximum Gasteiger partial charge on any atom is 0.433 e. The monoisotopic (exact) mass is 548 g/mol. The van der Waals surface area contributed by atoms with Crippen LogP contribution in [-0.4, -0.2) is 57.0 Å². The van der Waals surface area contributed by atoms with Gasteiger partial charge in [0.25, 0.3) is 0 Å². The van der Waals surface area contributed by atoms with E-state index in [9.17, 15) is 17.6 Å². The highest BCUT2D eigenvalue weighted by Crippen LogP contribution is 2.57. The number of halogens is 5. The number of ether oxygens (including phenoxy) is 1. The second-order valence-corrected chi connectivity index (χ2v) is 11.4. The Morgan fingerprint density at radius 1 is 1.05 bits per heavy atom. The van der Waals surface area contributed by atoms with Crippen molar-refractivity contribution in [2.75, 3.05) is 31.2 Å². The Balaban J connectivity index is 1.12. The Morgan fingerprint density at radius 3 is 2.61 bits per heavy atom. The van der Waals surface area contributed by atoms with Gasteiger partial charge in [0.1, 0.15) is 11.5 Å². The summed E-state index contributed by atoms with van der Waals surface area (Å²) in [5.74, 6) is 0.952. The predicted octanol–water partition coefficient (Wildman–Crippen LogP) is 4.96. The minimum Gasteiger partial charge on any atom is -0.380 e. The summed E-state index contributed by atoms with van der Waals surface area (Å²) < 4.78 is 61.4. The molecule has 3 aliphatic heterocycles. The SMILES string of the molecule is Fc1ccc(C(F)(F)F)nc1N1CC2(CC(c3nnc4n3-c3ccc(Cl)cc3CN([C@@H]3CCOC3)C4)C2)C1. The van der Waals surface area contributed by atoms with Crippen molar-refractivity contribution < 1.29 is 22.3 Å². The van der Waals surface area contributed by atoms with Crippen LogP contribution in [0.1, 0.15) is 48.1 Å². The van der Waals surface area contributed by atoms with E-state index < -0.39 is 17.7 Å². The highest BCUT2D eigenvalue weighted by molar-refractivity contribution is 6.30. The number of alkyl halides is 3. The molecule has 1 saturated carbocycles. The number of pyridine rings is 1. The van der Waals surface area contributed by atoms with Gasteiger partial charge in [0.2, 0.25) is 0 Å². The Labute approximate surface area is 221 Å². The Morgan fingerprint density at radius 2 is 1.87 bits per heavy atom. The molecule has 3 fully saturated rings. The lowest BCUT2D eigenvalue weighted by atomic mass is 9.57. The molecule has 2 saturated heterocycles. The second-order valence-electron chi connectivity index (χ2n) is 11.0. The molecule has 7 rings (SSSR count). The number of anilines is 1. The van der Waals surface area contributed by atoms with Gasteiger partial charge in [-0.2, -0.15) is 13.2 Å². The molecule has 2 aromatic heterocycles. The zero-order valence-electron chi connectivity index (χ0n) is 20.4. The van der Waals surface area contributed by atoms with Gasteiger partial charge in [-0.05, 0) is 55.2 Å². The summed E-state index contributed by atoms with van der Waals surface area (Å²) in [5, 5.41) is 9.87. The number of fused-ring (bicyclic) bond motifs is 3. The van der Waals surface area contributed by atoms with Crippen molar-refractivity contribution in [2.24, 2.45) is 5.41 Å². The summed E-state index contributed by atoms with van der Waals surface area (Å²) in [7, 11) is 0. The molecule has 0 bridgehead atoms. The fourth-order valence-corrected chi connectivity index (χ4v) is 6.73. The summed E-state index contributed by atoms with van der Waals surface area (Å²) >= 11 is 6.37. The van der Waals surface area contributed by atoms with Gasteiger partial charge in [-0.15, -0.1) is 10.2 Å². The average molecular weight is 549 g/mol. The Hall–Kier alpha value is -2.76. The van der Waals surface area contributed by atoms with Crippen molar-refractivity contribution in [3.8, 4) is 5.69 Å². The van der Waals surface area contributed by atoms with Crippen molar-refractivity contribution in [1.82, 2.24) is 24.6 Å². The number of benzene rings is 1. The molecule has 5 heterocycles. The highest BCUT2D eigenvalue weighted by atomic mass is 35.5. The van der Waals surface area contributed by atoms with Crippen LogP contribution in [0.5, 0.6) is 0 Å². The normalized spacial score (nSPS) is 23.1. The quantitative estimate of drug-likeness (QED) is 0.431. The fourth-order valence-electron chi connectivity index (χ4n) is 6.53. The highest BCUT2D eigenvalue weighted by Gasteiger charge is 2.55. The topological polar surface area (TPSA) is 59.3 Å². The van der Waals surface area contributed by atoms with Crippen LogP contribution in [-0.2, 0) is 24.0 Å². The van der Waals surface area contributed by atoms with Crippen molar-refractivity contribution in [1.29, 1.82) is 0 Å². The summed E-state index contributed by atoms with van der Waals surface area (Å²) in [5.41, 5.74) is 0.973. The van der Waals surface area contributed by atoms with Crippen LogP contribution < -0.4 is 4.90 Å². The van der Waals surface area contributed by atoms with Gasteiger partial charge < -0.3 is 9.64 Å². The Bertz CT molecular complexity index is 1390. The molecule has 1 atom stereocenters. The van der Waals surface area contributed by atoms with Crippen molar-refractivity contribution >= 4 is 17.4 Å². The van der Waals surface area contributed by atoms with E-state index >= 15 is 0 Å². The van der Waals surface area contributed by atoms with E-state index in [-0.39, 0.29) is 17.2 Å². The standard InChI is InChI=1S/C26H25ClF4N6O/c27-17-1-3-20-15(7-17)10-35(18-5-6-38-12-18)11-22-33-34-23(37(20)22)16-8-25(9-16)13-36(14-25)24-19(28)2-4-21(32-24)26(29,30)31/h1-4,7,16,18H,5-6,8-14H2/t18-/m1/s1. The number of hydrogen-bond acceptors (Lipinski definition) is 6. The zero-order chi connectivity index (χ0) is 26.2. The molecular weight excluding hydrogens is 524 g/mol. The third kappa shape index (κ3) is 3.97. The number of aromatic nitrogens is 4. The van der Waals surface area contributed by atoms with Gasteiger partial charge in [-0.25, -0.2) is 9.37 Å². The number of hydrogen-bond donors (Lipinski definition) is 0. The zero-order valence-corrected chi connectivity index (χ0v) is 21.1. The minimum absolute atomic E-state index is 0.0831. The van der Waals surface area contributed by atoms with E-state index in [1.54, 1.807) is 4.90 Å². The van der Waals surface area contributed by atoms with Gasteiger partial charge in [-0.3, -0.25) is 9.47 Å². The van der Waals surface area contributed by atoms with Gasteiger partial charge in [0.15, 0.2) is 17.5 Å². The van der Waals surface area contributed by atoms with E-state index in [1.165, 1.54) is 0 Å². The van der Waals surface area contributed by atoms with Crippen molar-refractivity contribution in [3.63, 3.8) is 0 Å². The van der Waals surface area contributed by atoms with E-state index in [4.69, 9.17) is 16.3 Å². The maximum absolute atomic E-state index is 14.3.